The molecule has 1 fully saturated rings. The second-order valence-corrected chi connectivity index (χ2v) is 7.70. The van der Waals surface area contributed by atoms with Crippen LogP contribution in [0.5, 0.6) is 0 Å². The van der Waals surface area contributed by atoms with Crippen molar-refractivity contribution < 1.29 is 5.11 Å². The third-order valence-corrected chi connectivity index (χ3v) is 5.37. The molecule has 1 aliphatic heterocycles. The van der Waals surface area contributed by atoms with E-state index in [4.69, 9.17) is 11.6 Å². The minimum atomic E-state index is -0.367. The molecule has 1 aromatic carbocycles. The van der Waals surface area contributed by atoms with Crippen molar-refractivity contribution in [1.29, 1.82) is 0 Å². The first-order valence-electron chi connectivity index (χ1n) is 9.53. The van der Waals surface area contributed by atoms with Gasteiger partial charge < -0.3 is 10.0 Å². The quantitative estimate of drug-likeness (QED) is 0.794. The average molecular weight is 386 g/mol. The van der Waals surface area contributed by atoms with E-state index < -0.39 is 0 Å². The molecule has 0 radical (unpaired) electrons. The zero-order valence-electron chi connectivity index (χ0n) is 15.8. The number of piperidine rings is 1. The maximum atomic E-state index is 10.6. The first kappa shape index (κ1) is 20.0. The monoisotopic (exact) mass is 385 g/mol. The van der Waals surface area contributed by atoms with Crippen molar-refractivity contribution in [3.63, 3.8) is 0 Å². The fraction of sp³-hybridized carbons (Fsp3) is 0.409. The number of hydrogen-bond donors (Lipinski definition) is 1. The number of aromatic nitrogens is 1. The Kier molecular flexibility index (Phi) is 7.41. The lowest BCUT2D eigenvalue weighted by Crippen LogP contribution is -2.53. The maximum Gasteiger partial charge on any atom is 0.0822 e. The highest BCUT2D eigenvalue weighted by Crippen LogP contribution is 2.19. The molecule has 4 nitrogen and oxygen atoms in total. The highest BCUT2D eigenvalue weighted by molar-refractivity contribution is 6.31. The summed E-state index contributed by atoms with van der Waals surface area (Å²) in [4.78, 5) is 8.87. The number of β-amino-alcohol motifs (C(OH)–C–C–N with tert-alkyl or cyclic N) is 1. The SMILES string of the molecule is CN(CCc1ccccn1)[C@@H]1CCN(CC(Cl)=Cc2ccccc2)C[C@H]1O. The van der Waals surface area contributed by atoms with Gasteiger partial charge in [-0.25, -0.2) is 0 Å². The zero-order valence-corrected chi connectivity index (χ0v) is 16.6. The van der Waals surface area contributed by atoms with Crippen molar-refractivity contribution in [2.45, 2.75) is 25.0 Å². The van der Waals surface area contributed by atoms with E-state index in [-0.39, 0.29) is 12.1 Å². The number of likely N-dealkylation sites (N-methyl/N-ethyl adjacent to an activating group) is 1. The molecule has 0 spiro atoms. The summed E-state index contributed by atoms with van der Waals surface area (Å²) in [6, 6.07) is 16.3. The molecule has 2 atom stereocenters. The van der Waals surface area contributed by atoms with Crippen LogP contribution in [-0.2, 0) is 6.42 Å². The van der Waals surface area contributed by atoms with E-state index in [9.17, 15) is 5.11 Å². The van der Waals surface area contributed by atoms with E-state index in [2.05, 4.69) is 21.8 Å². The molecule has 1 aliphatic rings. The molecule has 2 aromatic rings. The van der Waals surface area contributed by atoms with Gasteiger partial charge in [0.25, 0.3) is 0 Å². The molecule has 5 heteroatoms. The van der Waals surface area contributed by atoms with Gasteiger partial charge in [-0.05, 0) is 37.2 Å². The van der Waals surface area contributed by atoms with Crippen LogP contribution in [-0.4, -0.2) is 65.3 Å². The van der Waals surface area contributed by atoms with Gasteiger partial charge in [-0.3, -0.25) is 9.88 Å². The van der Waals surface area contributed by atoms with Crippen molar-refractivity contribution in [3.05, 3.63) is 71.0 Å². The standard InChI is InChI=1S/C22H28ClN3O/c1-25(13-10-20-9-5-6-12-24-20)21-11-14-26(17-22(21)27)16-19(23)15-18-7-3-2-4-8-18/h2-9,12,15,21-22,27H,10-11,13-14,16-17H2,1H3/t21-,22-/m1/s1. The number of hydrogen-bond acceptors (Lipinski definition) is 4. The molecule has 144 valence electrons. The van der Waals surface area contributed by atoms with E-state index in [1.165, 1.54) is 0 Å². The molecule has 0 unspecified atom stereocenters. The van der Waals surface area contributed by atoms with E-state index in [0.717, 1.165) is 42.2 Å². The Morgan fingerprint density at radius 2 is 2.04 bits per heavy atom. The number of nitrogens with zero attached hydrogens (tertiary/aromatic N) is 3. The predicted molar refractivity (Wildman–Crippen MR) is 112 cm³/mol. The molecule has 2 heterocycles. The third kappa shape index (κ3) is 6.15. The summed E-state index contributed by atoms with van der Waals surface area (Å²) in [6.07, 6.45) is 5.30. The summed E-state index contributed by atoms with van der Waals surface area (Å²) in [5, 5.41) is 11.4. The topological polar surface area (TPSA) is 39.6 Å². The first-order chi connectivity index (χ1) is 13.1. The van der Waals surface area contributed by atoms with Crippen molar-refractivity contribution in [2.75, 3.05) is 33.2 Å². The van der Waals surface area contributed by atoms with Gasteiger partial charge in [-0.15, -0.1) is 0 Å². The van der Waals surface area contributed by atoms with Crippen LogP contribution >= 0.6 is 11.6 Å². The molecular weight excluding hydrogens is 358 g/mol. The number of aliphatic hydroxyl groups is 1. The van der Waals surface area contributed by atoms with Gasteiger partial charge in [0.1, 0.15) is 0 Å². The average Bonchev–Trinajstić information content (AvgIpc) is 2.68. The van der Waals surface area contributed by atoms with Crippen LogP contribution in [0, 0.1) is 0 Å². The van der Waals surface area contributed by atoms with Crippen LogP contribution in [0.15, 0.2) is 59.8 Å². The number of likely N-dealkylation sites (tertiary alicyclic amines) is 1. The Labute approximate surface area is 167 Å². The number of pyridine rings is 1. The number of rotatable bonds is 7. The number of aliphatic hydroxyl groups excluding tert-OH is 1. The molecule has 0 aliphatic carbocycles. The van der Waals surface area contributed by atoms with Gasteiger partial charge in [0.15, 0.2) is 0 Å². The second kappa shape index (κ2) is 10.00. The maximum absolute atomic E-state index is 10.6. The minimum absolute atomic E-state index is 0.182. The van der Waals surface area contributed by atoms with Crippen LogP contribution in [0.1, 0.15) is 17.7 Å². The Hall–Kier alpha value is -1.72. The Morgan fingerprint density at radius 1 is 1.26 bits per heavy atom. The summed E-state index contributed by atoms with van der Waals surface area (Å²) >= 11 is 6.43. The van der Waals surface area contributed by atoms with E-state index in [1.54, 1.807) is 0 Å². The summed E-state index contributed by atoms with van der Waals surface area (Å²) < 4.78 is 0. The van der Waals surface area contributed by atoms with Crippen LogP contribution in [0.25, 0.3) is 6.08 Å². The van der Waals surface area contributed by atoms with E-state index in [1.807, 2.05) is 60.8 Å². The highest BCUT2D eigenvalue weighted by Gasteiger charge is 2.30. The minimum Gasteiger partial charge on any atom is -0.390 e. The smallest absolute Gasteiger partial charge is 0.0822 e. The fourth-order valence-corrected chi connectivity index (χ4v) is 3.93. The van der Waals surface area contributed by atoms with Gasteiger partial charge in [-0.1, -0.05) is 48.0 Å². The van der Waals surface area contributed by atoms with Crippen molar-refractivity contribution in [1.82, 2.24) is 14.8 Å². The van der Waals surface area contributed by atoms with Crippen LogP contribution in [0.3, 0.4) is 0 Å². The van der Waals surface area contributed by atoms with Crippen molar-refractivity contribution in [3.8, 4) is 0 Å². The molecule has 1 saturated heterocycles. The Balaban J connectivity index is 1.47. The van der Waals surface area contributed by atoms with Gasteiger partial charge in [0.2, 0.25) is 0 Å². The molecule has 0 amide bonds. The summed E-state index contributed by atoms with van der Waals surface area (Å²) in [5.41, 5.74) is 2.20. The molecule has 3 rings (SSSR count). The summed E-state index contributed by atoms with van der Waals surface area (Å²) in [6.45, 7) is 3.16. The largest absolute Gasteiger partial charge is 0.390 e. The molecule has 1 aromatic heterocycles. The summed E-state index contributed by atoms with van der Waals surface area (Å²) in [5.74, 6) is 0. The van der Waals surface area contributed by atoms with Gasteiger partial charge in [-0.2, -0.15) is 0 Å². The molecule has 1 N–H and O–H groups in total. The van der Waals surface area contributed by atoms with E-state index in [0.29, 0.717) is 13.1 Å². The molecule has 27 heavy (non-hydrogen) atoms. The van der Waals surface area contributed by atoms with Crippen molar-refractivity contribution >= 4 is 17.7 Å². The van der Waals surface area contributed by atoms with Crippen LogP contribution < -0.4 is 0 Å². The van der Waals surface area contributed by atoms with Gasteiger partial charge in [0, 0.05) is 55.6 Å². The van der Waals surface area contributed by atoms with Gasteiger partial charge >= 0.3 is 0 Å². The van der Waals surface area contributed by atoms with Crippen LogP contribution in [0.2, 0.25) is 0 Å². The predicted octanol–water partition coefficient (Wildman–Crippen LogP) is 3.27. The summed E-state index contributed by atoms with van der Waals surface area (Å²) in [7, 11) is 2.09. The lowest BCUT2D eigenvalue weighted by atomic mass is 10.00. The normalized spacial score (nSPS) is 21.6. The van der Waals surface area contributed by atoms with E-state index >= 15 is 0 Å². The molecule has 0 bridgehead atoms. The van der Waals surface area contributed by atoms with Crippen molar-refractivity contribution in [2.24, 2.45) is 0 Å². The first-order valence-corrected chi connectivity index (χ1v) is 9.91. The molecular formula is C22H28ClN3O. The lowest BCUT2D eigenvalue weighted by Gasteiger charge is -2.40. The Morgan fingerprint density at radius 3 is 2.74 bits per heavy atom. The zero-order chi connectivity index (χ0) is 19.1. The second-order valence-electron chi connectivity index (χ2n) is 7.21. The molecule has 0 saturated carbocycles. The van der Waals surface area contributed by atoms with Gasteiger partial charge in [0.05, 0.1) is 6.10 Å². The number of halogens is 1. The fourth-order valence-electron chi connectivity index (χ4n) is 3.63. The third-order valence-electron chi connectivity index (χ3n) is 5.14. The van der Waals surface area contributed by atoms with Crippen LogP contribution in [0.4, 0.5) is 0 Å². The highest BCUT2D eigenvalue weighted by atomic mass is 35.5. The number of benzene rings is 1. The Bertz CT molecular complexity index is 723. The lowest BCUT2D eigenvalue weighted by molar-refractivity contribution is -0.000279.